The first-order valence-electron chi connectivity index (χ1n) is 12.2. The van der Waals surface area contributed by atoms with Gasteiger partial charge in [-0.05, 0) is 44.0 Å². The number of amides is 1. The molecule has 0 bridgehead atoms. The highest BCUT2D eigenvalue weighted by Crippen LogP contribution is 2.44. The van der Waals surface area contributed by atoms with Gasteiger partial charge in [0.25, 0.3) is 5.91 Å². The van der Waals surface area contributed by atoms with Gasteiger partial charge in [0.1, 0.15) is 6.10 Å². The topological polar surface area (TPSA) is 114 Å². The third-order valence-electron chi connectivity index (χ3n) is 6.63. The van der Waals surface area contributed by atoms with Gasteiger partial charge in [0, 0.05) is 19.4 Å². The Morgan fingerprint density at radius 3 is 2.22 bits per heavy atom. The number of rotatable bonds is 8. The number of hydrogen-bond acceptors (Lipinski definition) is 7. The molecule has 1 saturated carbocycles. The summed E-state index contributed by atoms with van der Waals surface area (Å²) in [6.07, 6.45) is -0.823. The van der Waals surface area contributed by atoms with Crippen molar-refractivity contribution in [2.75, 3.05) is 6.54 Å². The molecule has 1 aliphatic heterocycles. The number of carbonyl (C=O) groups excluding carboxylic acids is 1. The molecule has 1 amide bonds. The van der Waals surface area contributed by atoms with E-state index in [1.54, 1.807) is 18.2 Å². The van der Waals surface area contributed by atoms with Gasteiger partial charge in [-0.15, -0.1) is 0 Å². The number of nitrogens with zero attached hydrogens (tertiary/aromatic N) is 2. The van der Waals surface area contributed by atoms with E-state index in [0.29, 0.717) is 23.2 Å². The Bertz CT molecular complexity index is 1180. The molecule has 2 aromatic rings. The van der Waals surface area contributed by atoms with E-state index in [2.05, 4.69) is 17.5 Å². The molecule has 8 heteroatoms. The zero-order chi connectivity index (χ0) is 25.8. The van der Waals surface area contributed by atoms with E-state index in [0.717, 1.165) is 5.56 Å². The second kappa shape index (κ2) is 10.8. The summed E-state index contributed by atoms with van der Waals surface area (Å²) < 4.78 is 25.1. The molecule has 0 aromatic heterocycles. The molecule has 2 aliphatic rings. The lowest BCUT2D eigenvalue weighted by Gasteiger charge is -2.43. The average Bonchev–Trinajstić information content (AvgIpc) is 3.20. The largest absolute Gasteiger partial charge is 0.371 e. The molecule has 1 unspecified atom stereocenters. The highest BCUT2D eigenvalue weighted by atomic mass is 16.8. The third kappa shape index (κ3) is 5.43. The van der Waals surface area contributed by atoms with Gasteiger partial charge in [0.15, 0.2) is 11.4 Å². The van der Waals surface area contributed by atoms with Crippen molar-refractivity contribution < 1.29 is 23.7 Å². The summed E-state index contributed by atoms with van der Waals surface area (Å²) in [5.41, 5.74) is 1.25. The molecular formula is C28H31N3O5. The zero-order valence-electron chi connectivity index (χ0n) is 20.8. The Kier molecular flexibility index (Phi) is 7.73. The Labute approximate surface area is 211 Å². The lowest BCUT2D eigenvalue weighted by atomic mass is 9.78. The van der Waals surface area contributed by atoms with Crippen molar-refractivity contribution in [1.82, 2.24) is 5.32 Å². The molecule has 188 valence electrons. The molecule has 2 fully saturated rings. The number of nitriles is 2. The van der Waals surface area contributed by atoms with Crippen molar-refractivity contribution in [1.29, 1.82) is 10.5 Å². The van der Waals surface area contributed by atoms with Gasteiger partial charge in [0.05, 0.1) is 48.7 Å². The van der Waals surface area contributed by atoms with Crippen molar-refractivity contribution in [3.63, 3.8) is 0 Å². The van der Waals surface area contributed by atoms with Gasteiger partial charge in [0.2, 0.25) is 0 Å². The molecule has 1 heterocycles. The van der Waals surface area contributed by atoms with Crippen molar-refractivity contribution in [3.05, 3.63) is 70.8 Å². The minimum atomic E-state index is -1.25. The van der Waals surface area contributed by atoms with Crippen LogP contribution in [0.5, 0.6) is 0 Å². The Balaban J connectivity index is 1.63. The van der Waals surface area contributed by atoms with Gasteiger partial charge in [-0.3, -0.25) is 4.79 Å². The molecule has 36 heavy (non-hydrogen) atoms. The standard InChI is InChI=1S/C28H31N3O5/c1-4-31-26(32)28(34-18-22-12-8-6-10-20(22)16-30)13-23(25-24(14-28)35-27(2,3)36-25)33-17-21-11-7-5-9-19(21)15-29/h5-12,23-25H,4,13-14,17-18H2,1-3H3,(H,31,32)/t23?,24-,25+,28-/m1/s1. The van der Waals surface area contributed by atoms with Crippen LogP contribution in [0.1, 0.15) is 55.9 Å². The van der Waals surface area contributed by atoms with Crippen molar-refractivity contribution >= 4 is 5.91 Å². The Hall–Kier alpha value is -3.27. The predicted octanol–water partition coefficient (Wildman–Crippen LogP) is 3.72. The lowest BCUT2D eigenvalue weighted by Crippen LogP contribution is -2.60. The maximum atomic E-state index is 13.5. The fraction of sp³-hybridized carbons (Fsp3) is 0.464. The number of nitrogens with one attached hydrogen (secondary N) is 1. The summed E-state index contributed by atoms with van der Waals surface area (Å²) in [6.45, 7) is 6.25. The summed E-state index contributed by atoms with van der Waals surface area (Å²) in [7, 11) is 0. The van der Waals surface area contributed by atoms with Crippen LogP contribution < -0.4 is 5.32 Å². The SMILES string of the molecule is CCNC(=O)[C@@]1(OCc2ccccc2C#N)CC(OCc2ccccc2C#N)[C@@H]2OC(C)(C)O[C@@H]2C1. The second-order valence-corrected chi connectivity index (χ2v) is 9.58. The molecular weight excluding hydrogens is 458 g/mol. The van der Waals surface area contributed by atoms with Crippen LogP contribution in [0.2, 0.25) is 0 Å². The molecule has 2 aromatic carbocycles. The second-order valence-electron chi connectivity index (χ2n) is 9.58. The average molecular weight is 490 g/mol. The fourth-order valence-electron chi connectivity index (χ4n) is 4.95. The monoisotopic (exact) mass is 489 g/mol. The van der Waals surface area contributed by atoms with E-state index < -0.39 is 29.7 Å². The van der Waals surface area contributed by atoms with Crippen LogP contribution in [-0.2, 0) is 37.0 Å². The van der Waals surface area contributed by atoms with Crippen LogP contribution in [0.3, 0.4) is 0 Å². The van der Waals surface area contributed by atoms with Crippen molar-refractivity contribution in [2.24, 2.45) is 0 Å². The van der Waals surface area contributed by atoms with E-state index in [1.165, 1.54) is 0 Å². The molecule has 0 radical (unpaired) electrons. The smallest absolute Gasteiger partial charge is 0.252 e. The van der Waals surface area contributed by atoms with Crippen LogP contribution in [0, 0.1) is 22.7 Å². The van der Waals surface area contributed by atoms with Crippen molar-refractivity contribution in [2.45, 2.75) is 76.5 Å². The number of benzene rings is 2. The molecule has 1 aliphatic carbocycles. The Morgan fingerprint density at radius 2 is 1.61 bits per heavy atom. The minimum Gasteiger partial charge on any atom is -0.371 e. The molecule has 0 spiro atoms. The summed E-state index contributed by atoms with van der Waals surface area (Å²) in [5, 5.41) is 21.9. The first kappa shape index (κ1) is 25.8. The fourth-order valence-corrected chi connectivity index (χ4v) is 4.95. The number of fused-ring (bicyclic) bond motifs is 1. The number of hydrogen-bond donors (Lipinski definition) is 1. The molecule has 4 atom stereocenters. The minimum absolute atomic E-state index is 0.0898. The summed E-state index contributed by atoms with van der Waals surface area (Å²) in [4.78, 5) is 13.5. The van der Waals surface area contributed by atoms with Gasteiger partial charge in [-0.25, -0.2) is 0 Å². The van der Waals surface area contributed by atoms with E-state index in [1.807, 2.05) is 51.1 Å². The van der Waals surface area contributed by atoms with Crippen LogP contribution in [0.4, 0.5) is 0 Å². The van der Waals surface area contributed by atoms with Gasteiger partial charge in [-0.2, -0.15) is 10.5 Å². The zero-order valence-corrected chi connectivity index (χ0v) is 20.8. The molecule has 1 N–H and O–H groups in total. The van der Waals surface area contributed by atoms with Crippen LogP contribution in [0.25, 0.3) is 0 Å². The highest BCUT2D eigenvalue weighted by molar-refractivity contribution is 5.85. The first-order valence-corrected chi connectivity index (χ1v) is 12.2. The summed E-state index contributed by atoms with van der Waals surface area (Å²) in [5.74, 6) is -1.09. The number of carbonyl (C=O) groups is 1. The molecule has 4 rings (SSSR count). The molecule has 1 saturated heterocycles. The maximum absolute atomic E-state index is 13.5. The third-order valence-corrected chi connectivity index (χ3v) is 6.63. The normalized spacial score (nSPS) is 26.4. The summed E-state index contributed by atoms with van der Waals surface area (Å²) in [6, 6.07) is 18.8. The van der Waals surface area contributed by atoms with E-state index >= 15 is 0 Å². The first-order chi connectivity index (χ1) is 17.3. The van der Waals surface area contributed by atoms with Crippen LogP contribution >= 0.6 is 0 Å². The Morgan fingerprint density at radius 1 is 1.00 bits per heavy atom. The van der Waals surface area contributed by atoms with Gasteiger partial charge < -0.3 is 24.3 Å². The summed E-state index contributed by atoms with van der Waals surface area (Å²) >= 11 is 0. The quantitative estimate of drug-likeness (QED) is 0.601. The van der Waals surface area contributed by atoms with Gasteiger partial charge >= 0.3 is 0 Å². The molecule has 8 nitrogen and oxygen atoms in total. The van der Waals surface area contributed by atoms with Crippen molar-refractivity contribution in [3.8, 4) is 12.1 Å². The van der Waals surface area contributed by atoms with Gasteiger partial charge in [-0.1, -0.05) is 36.4 Å². The number of likely N-dealkylation sites (N-methyl/N-ethyl adjacent to an activating group) is 1. The van der Waals surface area contributed by atoms with E-state index in [-0.39, 0.29) is 32.0 Å². The number of ether oxygens (including phenoxy) is 4. The van der Waals surface area contributed by atoms with Crippen LogP contribution in [-0.4, -0.2) is 42.2 Å². The van der Waals surface area contributed by atoms with E-state index in [9.17, 15) is 15.3 Å². The maximum Gasteiger partial charge on any atom is 0.252 e. The van der Waals surface area contributed by atoms with E-state index in [4.69, 9.17) is 18.9 Å². The van der Waals surface area contributed by atoms with Crippen LogP contribution in [0.15, 0.2) is 48.5 Å². The lowest BCUT2D eigenvalue weighted by molar-refractivity contribution is -0.183. The highest BCUT2D eigenvalue weighted by Gasteiger charge is 2.58. The predicted molar refractivity (Wildman–Crippen MR) is 130 cm³/mol.